The molecule has 1 aliphatic heterocycles. The molecule has 1 unspecified atom stereocenters. The van der Waals surface area contributed by atoms with Gasteiger partial charge in [-0.1, -0.05) is 26.8 Å². The Labute approximate surface area is 167 Å². The first-order chi connectivity index (χ1) is 13.0. The summed E-state index contributed by atoms with van der Waals surface area (Å²) in [6.45, 7) is 10.6. The fourth-order valence-corrected chi connectivity index (χ4v) is 3.42. The number of nitrogens with zero attached hydrogens (tertiary/aromatic N) is 3. The van der Waals surface area contributed by atoms with E-state index in [0.29, 0.717) is 38.3 Å². The summed E-state index contributed by atoms with van der Waals surface area (Å²) in [5.41, 5.74) is 0.319. The third kappa shape index (κ3) is 5.22. The van der Waals surface area contributed by atoms with Gasteiger partial charge in [-0.2, -0.15) is 0 Å². The van der Waals surface area contributed by atoms with Crippen LogP contribution >= 0.6 is 0 Å². The number of ether oxygens (including phenoxy) is 1. The molecule has 0 saturated carbocycles. The molecule has 1 fully saturated rings. The van der Waals surface area contributed by atoms with Crippen LogP contribution in [0.25, 0.3) is 0 Å². The third-order valence-corrected chi connectivity index (χ3v) is 5.16. The van der Waals surface area contributed by atoms with Crippen molar-refractivity contribution in [1.82, 2.24) is 14.7 Å². The zero-order valence-corrected chi connectivity index (χ0v) is 17.8. The number of likely N-dealkylation sites (N-methyl/N-ethyl adjacent to an activating group) is 1. The average Bonchev–Trinajstić information content (AvgIpc) is 2.65. The van der Waals surface area contributed by atoms with Crippen molar-refractivity contribution in [2.24, 2.45) is 5.41 Å². The van der Waals surface area contributed by atoms with Gasteiger partial charge >= 0.3 is 0 Å². The van der Waals surface area contributed by atoms with E-state index in [1.807, 2.05) is 32.6 Å². The summed E-state index contributed by atoms with van der Waals surface area (Å²) in [6, 6.07) is 4.43. The Balaban J connectivity index is 1.92. The van der Waals surface area contributed by atoms with Gasteiger partial charge in [-0.25, -0.2) is 4.39 Å². The Morgan fingerprint density at radius 2 is 1.82 bits per heavy atom. The van der Waals surface area contributed by atoms with Crippen LogP contribution in [-0.2, 0) is 16.1 Å². The maximum Gasteiger partial charge on any atom is 0.239 e. The summed E-state index contributed by atoms with van der Waals surface area (Å²) in [4.78, 5) is 30.8. The van der Waals surface area contributed by atoms with E-state index < -0.39 is 11.2 Å². The molecule has 1 aliphatic rings. The number of hydrogen-bond acceptors (Lipinski definition) is 4. The normalized spacial score (nSPS) is 16.6. The van der Waals surface area contributed by atoms with E-state index in [0.717, 1.165) is 0 Å². The van der Waals surface area contributed by atoms with Crippen LogP contribution in [0, 0.1) is 11.2 Å². The largest absolute Gasteiger partial charge is 0.494 e. The second kappa shape index (κ2) is 8.90. The Morgan fingerprint density at radius 3 is 2.32 bits per heavy atom. The number of amides is 2. The van der Waals surface area contributed by atoms with Crippen molar-refractivity contribution in [3.63, 3.8) is 0 Å². The highest BCUT2D eigenvalue weighted by atomic mass is 19.1. The Kier molecular flexibility index (Phi) is 7.04. The van der Waals surface area contributed by atoms with Crippen LogP contribution in [0.3, 0.4) is 0 Å². The molecule has 0 aliphatic carbocycles. The lowest BCUT2D eigenvalue weighted by Gasteiger charge is -2.40. The molecule has 0 spiro atoms. The van der Waals surface area contributed by atoms with Crippen LogP contribution in [0.4, 0.5) is 4.39 Å². The second-order valence-corrected chi connectivity index (χ2v) is 8.42. The summed E-state index contributed by atoms with van der Waals surface area (Å²) in [7, 11) is 3.14. The van der Waals surface area contributed by atoms with Crippen molar-refractivity contribution in [3.8, 4) is 5.75 Å². The standard InChI is InChI=1S/C21H32FN3O3/c1-15(24-9-11-25(12-10-24)20(27)21(2,3)4)19(26)23(5)14-16-7-8-18(28-6)17(22)13-16/h7-8,13,15H,9-12,14H2,1-6H3. The van der Waals surface area contributed by atoms with Gasteiger partial charge in [-0.15, -0.1) is 0 Å². The number of rotatable bonds is 5. The summed E-state index contributed by atoms with van der Waals surface area (Å²) in [5.74, 6) is -0.126. The molecule has 1 heterocycles. The van der Waals surface area contributed by atoms with Crippen molar-refractivity contribution >= 4 is 11.8 Å². The number of carbonyl (C=O) groups is 2. The monoisotopic (exact) mass is 393 g/mol. The van der Waals surface area contributed by atoms with E-state index in [9.17, 15) is 14.0 Å². The lowest BCUT2D eigenvalue weighted by molar-refractivity contribution is -0.143. The molecule has 2 amide bonds. The number of methoxy groups -OCH3 is 1. The van der Waals surface area contributed by atoms with Crippen LogP contribution in [0.1, 0.15) is 33.3 Å². The number of halogens is 1. The minimum absolute atomic E-state index is 0.0215. The van der Waals surface area contributed by atoms with E-state index in [2.05, 4.69) is 4.90 Å². The number of hydrogen-bond donors (Lipinski definition) is 0. The summed E-state index contributed by atoms with van der Waals surface area (Å²) in [5, 5.41) is 0. The fourth-order valence-electron chi connectivity index (χ4n) is 3.42. The SMILES string of the molecule is COc1ccc(CN(C)C(=O)C(C)N2CCN(C(=O)C(C)(C)C)CC2)cc1F. The second-order valence-electron chi connectivity index (χ2n) is 8.42. The van der Waals surface area contributed by atoms with Crippen LogP contribution in [-0.4, -0.2) is 72.9 Å². The highest BCUT2D eigenvalue weighted by Crippen LogP contribution is 2.21. The van der Waals surface area contributed by atoms with Gasteiger partial charge in [0.05, 0.1) is 13.2 Å². The van der Waals surface area contributed by atoms with Crippen molar-refractivity contribution in [3.05, 3.63) is 29.6 Å². The van der Waals surface area contributed by atoms with Crippen LogP contribution in [0.15, 0.2) is 18.2 Å². The first kappa shape index (κ1) is 22.1. The third-order valence-electron chi connectivity index (χ3n) is 5.16. The molecule has 156 valence electrons. The van der Waals surface area contributed by atoms with Gasteiger partial charge in [0.2, 0.25) is 11.8 Å². The lowest BCUT2D eigenvalue weighted by Crippen LogP contribution is -2.56. The summed E-state index contributed by atoms with van der Waals surface area (Å²) in [6.07, 6.45) is 0. The van der Waals surface area contributed by atoms with Crippen LogP contribution in [0.2, 0.25) is 0 Å². The minimum atomic E-state index is -0.437. The Bertz CT molecular complexity index is 709. The van der Waals surface area contributed by atoms with Crippen molar-refractivity contribution in [1.29, 1.82) is 0 Å². The van der Waals surface area contributed by atoms with Crippen LogP contribution in [0.5, 0.6) is 5.75 Å². The molecule has 0 N–H and O–H groups in total. The fraction of sp³-hybridized carbons (Fsp3) is 0.619. The minimum Gasteiger partial charge on any atom is -0.494 e. The zero-order valence-electron chi connectivity index (χ0n) is 17.8. The molecular weight excluding hydrogens is 361 g/mol. The van der Waals surface area contributed by atoms with Gasteiger partial charge in [0.1, 0.15) is 0 Å². The Morgan fingerprint density at radius 1 is 1.21 bits per heavy atom. The molecule has 0 radical (unpaired) electrons. The summed E-state index contributed by atoms with van der Waals surface area (Å²) >= 11 is 0. The molecule has 1 aromatic carbocycles. The number of benzene rings is 1. The molecular formula is C21H32FN3O3. The first-order valence-electron chi connectivity index (χ1n) is 9.65. The molecule has 2 rings (SSSR count). The van der Waals surface area contributed by atoms with Gasteiger partial charge in [0.15, 0.2) is 11.6 Å². The molecule has 1 aromatic rings. The van der Waals surface area contributed by atoms with E-state index in [-0.39, 0.29) is 23.6 Å². The average molecular weight is 394 g/mol. The Hall–Kier alpha value is -2.15. The maximum atomic E-state index is 13.9. The van der Waals surface area contributed by atoms with E-state index in [1.54, 1.807) is 24.1 Å². The van der Waals surface area contributed by atoms with Gasteiger partial charge in [-0.05, 0) is 24.6 Å². The van der Waals surface area contributed by atoms with E-state index >= 15 is 0 Å². The highest BCUT2D eigenvalue weighted by molar-refractivity contribution is 5.82. The molecule has 6 nitrogen and oxygen atoms in total. The van der Waals surface area contributed by atoms with Gasteiger partial charge in [0, 0.05) is 45.2 Å². The molecule has 28 heavy (non-hydrogen) atoms. The van der Waals surface area contributed by atoms with Crippen molar-refractivity contribution in [2.45, 2.75) is 40.3 Å². The van der Waals surface area contributed by atoms with Gasteiger partial charge < -0.3 is 14.5 Å². The van der Waals surface area contributed by atoms with Gasteiger partial charge in [-0.3, -0.25) is 14.5 Å². The van der Waals surface area contributed by atoms with Crippen molar-refractivity contribution < 1.29 is 18.7 Å². The van der Waals surface area contributed by atoms with Crippen molar-refractivity contribution in [2.75, 3.05) is 40.3 Å². The molecule has 1 saturated heterocycles. The highest BCUT2D eigenvalue weighted by Gasteiger charge is 2.32. The lowest BCUT2D eigenvalue weighted by atomic mass is 9.94. The summed E-state index contributed by atoms with van der Waals surface area (Å²) < 4.78 is 18.8. The quantitative estimate of drug-likeness (QED) is 0.771. The van der Waals surface area contributed by atoms with Gasteiger partial charge in [0.25, 0.3) is 0 Å². The van der Waals surface area contributed by atoms with E-state index in [1.165, 1.54) is 13.2 Å². The topological polar surface area (TPSA) is 53.1 Å². The molecule has 0 aromatic heterocycles. The van der Waals surface area contributed by atoms with E-state index in [4.69, 9.17) is 4.74 Å². The predicted octanol–water partition coefficient (Wildman–Crippen LogP) is 2.37. The number of carbonyl (C=O) groups excluding carboxylic acids is 2. The molecule has 1 atom stereocenters. The zero-order chi connectivity index (χ0) is 21.1. The predicted molar refractivity (Wildman–Crippen MR) is 106 cm³/mol. The molecule has 0 bridgehead atoms. The smallest absolute Gasteiger partial charge is 0.239 e. The molecule has 7 heteroatoms. The first-order valence-corrected chi connectivity index (χ1v) is 9.65. The number of piperazine rings is 1. The maximum absolute atomic E-state index is 13.9. The van der Waals surface area contributed by atoms with Crippen LogP contribution < -0.4 is 4.74 Å².